The molecular weight excluding hydrogens is 270 g/mol. The number of rotatable bonds is 2. The van der Waals surface area contributed by atoms with Crippen molar-refractivity contribution in [1.29, 1.82) is 0 Å². The van der Waals surface area contributed by atoms with Crippen molar-refractivity contribution in [2.45, 2.75) is 53.1 Å². The van der Waals surface area contributed by atoms with E-state index in [9.17, 15) is 14.7 Å². The number of hydrogen-bond acceptors (Lipinski definition) is 3. The Morgan fingerprint density at radius 3 is 2.10 bits per heavy atom. The summed E-state index contributed by atoms with van der Waals surface area (Å²) in [6, 6.07) is 0. The topological polar surface area (TPSA) is 66.8 Å². The molecule has 0 radical (unpaired) electrons. The molecule has 2 rings (SSSR count). The van der Waals surface area contributed by atoms with E-state index in [0.717, 1.165) is 12.8 Å². The summed E-state index contributed by atoms with van der Waals surface area (Å²) in [6.45, 7) is 11.0. The van der Waals surface area contributed by atoms with Crippen LogP contribution in [-0.4, -0.2) is 40.8 Å². The van der Waals surface area contributed by atoms with E-state index in [-0.39, 0.29) is 23.3 Å². The van der Waals surface area contributed by atoms with Crippen molar-refractivity contribution in [3.05, 3.63) is 0 Å². The van der Waals surface area contributed by atoms with Gasteiger partial charge >= 0.3 is 12.1 Å². The molecule has 0 bridgehead atoms. The van der Waals surface area contributed by atoms with E-state index in [2.05, 4.69) is 0 Å². The smallest absolute Gasteiger partial charge is 0.410 e. The van der Waals surface area contributed by atoms with Gasteiger partial charge in [0.15, 0.2) is 0 Å². The van der Waals surface area contributed by atoms with Gasteiger partial charge in [-0.15, -0.1) is 0 Å². The number of nitrogens with zero attached hydrogens (tertiary/aromatic N) is 1. The maximum absolute atomic E-state index is 12.0. The number of hydrogen-bond donors (Lipinski definition) is 1. The summed E-state index contributed by atoms with van der Waals surface area (Å²) < 4.78 is 5.38. The molecule has 2 fully saturated rings. The van der Waals surface area contributed by atoms with Crippen molar-refractivity contribution in [2.24, 2.45) is 23.2 Å². The highest BCUT2D eigenvalue weighted by Gasteiger charge is 2.64. The zero-order chi connectivity index (χ0) is 16.0. The third kappa shape index (κ3) is 3.33. The van der Waals surface area contributed by atoms with Gasteiger partial charge in [-0.2, -0.15) is 0 Å². The molecule has 1 aliphatic heterocycles. The molecule has 0 aromatic rings. The number of amides is 1. The van der Waals surface area contributed by atoms with E-state index in [1.807, 2.05) is 34.6 Å². The van der Waals surface area contributed by atoms with Crippen LogP contribution in [0.4, 0.5) is 4.79 Å². The fourth-order valence-electron chi connectivity index (χ4n) is 3.80. The van der Waals surface area contributed by atoms with Crippen LogP contribution < -0.4 is 0 Å². The molecule has 21 heavy (non-hydrogen) atoms. The minimum Gasteiger partial charge on any atom is -0.481 e. The maximum Gasteiger partial charge on any atom is 0.410 e. The van der Waals surface area contributed by atoms with Crippen LogP contribution in [0.2, 0.25) is 0 Å². The first-order valence-electron chi connectivity index (χ1n) is 7.75. The van der Waals surface area contributed by atoms with Crippen LogP contribution >= 0.6 is 0 Å². The van der Waals surface area contributed by atoms with Crippen LogP contribution in [-0.2, 0) is 9.53 Å². The Hall–Kier alpha value is -1.26. The summed E-state index contributed by atoms with van der Waals surface area (Å²) in [7, 11) is 0. The molecule has 2 aliphatic rings. The van der Waals surface area contributed by atoms with Gasteiger partial charge in [0.2, 0.25) is 0 Å². The Bertz CT molecular complexity index is 430. The highest BCUT2D eigenvalue weighted by atomic mass is 16.6. The summed E-state index contributed by atoms with van der Waals surface area (Å²) in [4.78, 5) is 25.0. The molecule has 5 nitrogen and oxygen atoms in total. The molecule has 2 unspecified atom stereocenters. The number of ether oxygens (including phenoxy) is 1. The summed E-state index contributed by atoms with van der Waals surface area (Å²) in [5, 5.41) is 9.27. The Balaban J connectivity index is 1.87. The standard InChI is InChI=1S/C16H27NO4/c1-15(2,3)21-14(20)17-8-6-10(7-9-17)11-12(13(18)19)16(11,4)5/h10-12H,6-9H2,1-5H3,(H,18,19). The first-order valence-corrected chi connectivity index (χ1v) is 7.75. The van der Waals surface area contributed by atoms with Crippen molar-refractivity contribution in [2.75, 3.05) is 13.1 Å². The Labute approximate surface area is 126 Å². The van der Waals surface area contributed by atoms with Gasteiger partial charge < -0.3 is 14.7 Å². The number of carbonyl (C=O) groups excluding carboxylic acids is 1. The molecule has 0 aromatic carbocycles. The highest BCUT2D eigenvalue weighted by Crippen LogP contribution is 2.63. The minimum atomic E-state index is -0.681. The fraction of sp³-hybridized carbons (Fsp3) is 0.875. The molecule has 0 aromatic heterocycles. The molecule has 120 valence electrons. The van der Waals surface area contributed by atoms with Crippen molar-refractivity contribution in [3.8, 4) is 0 Å². The summed E-state index contributed by atoms with van der Waals surface area (Å²) in [5.74, 6) is -0.259. The lowest BCUT2D eigenvalue weighted by molar-refractivity contribution is -0.139. The molecule has 1 N–H and O–H groups in total. The lowest BCUT2D eigenvalue weighted by atomic mass is 9.88. The first kappa shape index (κ1) is 16.1. The molecular formula is C16H27NO4. The Morgan fingerprint density at radius 2 is 1.71 bits per heavy atom. The second-order valence-corrected chi connectivity index (χ2v) is 7.97. The maximum atomic E-state index is 12.0. The number of aliphatic carboxylic acids is 1. The number of likely N-dealkylation sites (tertiary alicyclic amines) is 1. The first-order chi connectivity index (χ1) is 9.54. The second kappa shape index (κ2) is 5.18. The van der Waals surface area contributed by atoms with E-state index in [0.29, 0.717) is 19.0 Å². The summed E-state index contributed by atoms with van der Waals surface area (Å²) in [6.07, 6.45) is 1.49. The van der Waals surface area contributed by atoms with E-state index in [4.69, 9.17) is 4.74 Å². The van der Waals surface area contributed by atoms with Crippen LogP contribution in [0.25, 0.3) is 0 Å². The van der Waals surface area contributed by atoms with Crippen LogP contribution in [0.1, 0.15) is 47.5 Å². The van der Waals surface area contributed by atoms with Gasteiger partial charge in [-0.3, -0.25) is 4.79 Å². The number of carboxylic acid groups (broad SMARTS) is 1. The lowest BCUT2D eigenvalue weighted by Crippen LogP contribution is -2.42. The zero-order valence-electron chi connectivity index (χ0n) is 13.7. The Morgan fingerprint density at radius 1 is 1.19 bits per heavy atom. The van der Waals surface area contributed by atoms with Gasteiger partial charge in [0.25, 0.3) is 0 Å². The van der Waals surface area contributed by atoms with Gasteiger partial charge in [-0.1, -0.05) is 13.8 Å². The minimum absolute atomic E-state index is 0.107. The molecule has 0 spiro atoms. The Kier molecular flexibility index (Phi) is 3.98. The quantitative estimate of drug-likeness (QED) is 0.851. The molecule has 1 aliphatic carbocycles. The van der Waals surface area contributed by atoms with Crippen LogP contribution in [0, 0.1) is 23.2 Å². The predicted octanol–water partition coefficient (Wildman–Crippen LogP) is 2.99. The van der Waals surface area contributed by atoms with Crippen LogP contribution in [0.3, 0.4) is 0 Å². The number of carboxylic acids is 1. The lowest BCUT2D eigenvalue weighted by Gasteiger charge is -2.34. The molecule has 1 saturated carbocycles. The van der Waals surface area contributed by atoms with Crippen LogP contribution in [0.15, 0.2) is 0 Å². The summed E-state index contributed by atoms with van der Waals surface area (Å²) in [5.41, 5.74) is -0.578. The van der Waals surface area contributed by atoms with Crippen molar-refractivity contribution < 1.29 is 19.4 Å². The van der Waals surface area contributed by atoms with E-state index in [1.54, 1.807) is 4.90 Å². The fourth-order valence-corrected chi connectivity index (χ4v) is 3.80. The second-order valence-electron chi connectivity index (χ2n) is 7.97. The van der Waals surface area contributed by atoms with E-state index >= 15 is 0 Å². The third-order valence-corrected chi connectivity index (χ3v) is 4.88. The average Bonchev–Trinajstić information content (AvgIpc) is 2.90. The van der Waals surface area contributed by atoms with E-state index < -0.39 is 11.6 Å². The average molecular weight is 297 g/mol. The van der Waals surface area contributed by atoms with Gasteiger partial charge in [0.1, 0.15) is 5.60 Å². The predicted molar refractivity (Wildman–Crippen MR) is 78.9 cm³/mol. The largest absolute Gasteiger partial charge is 0.481 e. The van der Waals surface area contributed by atoms with Gasteiger partial charge in [0, 0.05) is 13.1 Å². The molecule has 1 heterocycles. The van der Waals surface area contributed by atoms with Gasteiger partial charge in [0.05, 0.1) is 5.92 Å². The molecule has 2 atom stereocenters. The van der Waals surface area contributed by atoms with Crippen LogP contribution in [0.5, 0.6) is 0 Å². The highest BCUT2D eigenvalue weighted by molar-refractivity contribution is 5.75. The monoisotopic (exact) mass is 297 g/mol. The number of piperidine rings is 1. The van der Waals surface area contributed by atoms with Crippen molar-refractivity contribution in [1.82, 2.24) is 4.90 Å². The van der Waals surface area contributed by atoms with Crippen molar-refractivity contribution >= 4 is 12.1 Å². The summed E-state index contributed by atoms with van der Waals surface area (Å²) >= 11 is 0. The normalized spacial score (nSPS) is 29.1. The zero-order valence-corrected chi connectivity index (χ0v) is 13.7. The molecule has 5 heteroatoms. The molecule has 1 saturated heterocycles. The van der Waals surface area contributed by atoms with E-state index in [1.165, 1.54) is 0 Å². The third-order valence-electron chi connectivity index (χ3n) is 4.88. The van der Waals surface area contributed by atoms with Crippen molar-refractivity contribution in [3.63, 3.8) is 0 Å². The SMILES string of the molecule is CC(C)(C)OC(=O)N1CCC(C2C(C(=O)O)C2(C)C)CC1. The molecule has 1 amide bonds. The van der Waals surface area contributed by atoms with Gasteiger partial charge in [-0.05, 0) is 50.9 Å². The number of carbonyl (C=O) groups is 2. The van der Waals surface area contributed by atoms with Gasteiger partial charge in [-0.25, -0.2) is 4.79 Å².